The standard InChI is InChI=1S/C19H24N4O/c1-15(10-11-16-7-4-3-5-8-16)13-19(24)22(2)14-18-21-20-17-9-6-12-23(17)18/h3-5,7-8,13H,6,9-12,14H2,1-2H3/b15-13+. The molecule has 0 fully saturated rings. The molecule has 0 N–H and O–H groups in total. The van der Waals surface area contributed by atoms with E-state index in [1.807, 2.05) is 32.2 Å². The van der Waals surface area contributed by atoms with Gasteiger partial charge < -0.3 is 9.47 Å². The number of nitrogens with zero attached hydrogens (tertiary/aromatic N) is 4. The number of amides is 1. The van der Waals surface area contributed by atoms with Crippen molar-refractivity contribution >= 4 is 5.91 Å². The Hall–Kier alpha value is -2.43. The molecule has 0 saturated heterocycles. The molecule has 1 amide bonds. The molecule has 0 aliphatic carbocycles. The van der Waals surface area contributed by atoms with Gasteiger partial charge in [-0.1, -0.05) is 35.9 Å². The molecule has 2 heterocycles. The molecule has 3 rings (SSSR count). The van der Waals surface area contributed by atoms with Crippen LogP contribution in [0.3, 0.4) is 0 Å². The fourth-order valence-corrected chi connectivity index (χ4v) is 3.00. The SMILES string of the molecule is C/C(=C\C(=O)N(C)Cc1nnc2n1CCC2)CCc1ccccc1. The molecule has 24 heavy (non-hydrogen) atoms. The molecule has 5 nitrogen and oxygen atoms in total. The van der Waals surface area contributed by atoms with Gasteiger partial charge in [0.15, 0.2) is 5.82 Å². The van der Waals surface area contributed by atoms with Crippen LogP contribution in [0.25, 0.3) is 0 Å². The number of rotatable bonds is 6. The number of aryl methyl sites for hydroxylation is 2. The van der Waals surface area contributed by atoms with Crippen molar-refractivity contribution < 1.29 is 4.79 Å². The Morgan fingerprint density at radius 2 is 2.08 bits per heavy atom. The van der Waals surface area contributed by atoms with Crippen LogP contribution in [-0.2, 0) is 30.7 Å². The average molecular weight is 324 g/mol. The Morgan fingerprint density at radius 3 is 2.88 bits per heavy atom. The molecular weight excluding hydrogens is 300 g/mol. The van der Waals surface area contributed by atoms with Crippen LogP contribution in [0.15, 0.2) is 42.0 Å². The molecule has 0 spiro atoms. The molecule has 1 aromatic heterocycles. The largest absolute Gasteiger partial charge is 0.335 e. The van der Waals surface area contributed by atoms with E-state index in [-0.39, 0.29) is 5.91 Å². The molecule has 126 valence electrons. The molecule has 1 aliphatic rings. The van der Waals surface area contributed by atoms with Crippen molar-refractivity contribution in [1.29, 1.82) is 0 Å². The summed E-state index contributed by atoms with van der Waals surface area (Å²) >= 11 is 0. The molecule has 2 aromatic rings. The average Bonchev–Trinajstić information content (AvgIpc) is 3.19. The topological polar surface area (TPSA) is 51.0 Å². The number of benzene rings is 1. The van der Waals surface area contributed by atoms with Crippen molar-refractivity contribution in [3.05, 3.63) is 59.2 Å². The van der Waals surface area contributed by atoms with Crippen LogP contribution in [0, 0.1) is 0 Å². The monoisotopic (exact) mass is 324 g/mol. The highest BCUT2D eigenvalue weighted by Crippen LogP contribution is 2.15. The molecule has 0 atom stereocenters. The van der Waals surface area contributed by atoms with Crippen LogP contribution in [0.2, 0.25) is 0 Å². The van der Waals surface area contributed by atoms with Crippen molar-refractivity contribution in [2.45, 2.75) is 45.7 Å². The molecule has 0 unspecified atom stereocenters. The lowest BCUT2D eigenvalue weighted by atomic mass is 10.1. The first-order valence-corrected chi connectivity index (χ1v) is 8.50. The zero-order valence-electron chi connectivity index (χ0n) is 14.4. The molecular formula is C19H24N4O. The molecule has 0 saturated carbocycles. The lowest BCUT2D eigenvalue weighted by molar-refractivity contribution is -0.125. The van der Waals surface area contributed by atoms with Crippen molar-refractivity contribution in [2.24, 2.45) is 0 Å². The summed E-state index contributed by atoms with van der Waals surface area (Å²) in [6, 6.07) is 10.3. The third-order valence-electron chi connectivity index (χ3n) is 4.46. The molecule has 1 aliphatic heterocycles. The summed E-state index contributed by atoms with van der Waals surface area (Å²) in [7, 11) is 1.82. The summed E-state index contributed by atoms with van der Waals surface area (Å²) in [5, 5.41) is 8.41. The third kappa shape index (κ3) is 3.91. The van der Waals surface area contributed by atoms with Gasteiger partial charge in [0.05, 0.1) is 6.54 Å². The lowest BCUT2D eigenvalue weighted by Gasteiger charge is -2.15. The maximum Gasteiger partial charge on any atom is 0.246 e. The molecule has 0 radical (unpaired) electrons. The minimum atomic E-state index is 0.0240. The van der Waals surface area contributed by atoms with Gasteiger partial charge in [0.25, 0.3) is 0 Å². The number of fused-ring (bicyclic) bond motifs is 1. The summed E-state index contributed by atoms with van der Waals surface area (Å²) in [6.45, 7) is 3.49. The van der Waals surface area contributed by atoms with Crippen LogP contribution in [-0.4, -0.2) is 32.6 Å². The predicted octanol–water partition coefficient (Wildman–Crippen LogP) is 2.76. The van der Waals surface area contributed by atoms with Gasteiger partial charge in [-0.05, 0) is 31.7 Å². The quantitative estimate of drug-likeness (QED) is 0.768. The van der Waals surface area contributed by atoms with Crippen LogP contribution in [0.4, 0.5) is 0 Å². The number of carbonyl (C=O) groups is 1. The highest BCUT2D eigenvalue weighted by atomic mass is 16.2. The van der Waals surface area contributed by atoms with E-state index in [1.165, 1.54) is 5.56 Å². The predicted molar refractivity (Wildman–Crippen MR) is 93.3 cm³/mol. The van der Waals surface area contributed by atoms with E-state index < -0.39 is 0 Å². The van der Waals surface area contributed by atoms with E-state index in [2.05, 4.69) is 26.9 Å². The van der Waals surface area contributed by atoms with E-state index in [0.717, 1.165) is 49.4 Å². The maximum atomic E-state index is 12.4. The van der Waals surface area contributed by atoms with Crippen LogP contribution >= 0.6 is 0 Å². The van der Waals surface area contributed by atoms with Gasteiger partial charge in [0.1, 0.15) is 5.82 Å². The van der Waals surface area contributed by atoms with Crippen molar-refractivity contribution in [3.8, 4) is 0 Å². The fourth-order valence-electron chi connectivity index (χ4n) is 3.00. The maximum absolute atomic E-state index is 12.4. The zero-order valence-corrected chi connectivity index (χ0v) is 14.4. The lowest BCUT2D eigenvalue weighted by Crippen LogP contribution is -2.26. The number of hydrogen-bond donors (Lipinski definition) is 0. The van der Waals surface area contributed by atoms with Gasteiger partial charge in [0, 0.05) is 26.1 Å². The number of hydrogen-bond acceptors (Lipinski definition) is 3. The van der Waals surface area contributed by atoms with E-state index in [9.17, 15) is 4.79 Å². The Labute approximate surface area is 143 Å². The number of likely N-dealkylation sites (N-methyl/N-ethyl adjacent to an activating group) is 1. The molecule has 5 heteroatoms. The van der Waals surface area contributed by atoms with Crippen molar-refractivity contribution in [3.63, 3.8) is 0 Å². The van der Waals surface area contributed by atoms with Gasteiger partial charge in [-0.25, -0.2) is 0 Å². The van der Waals surface area contributed by atoms with Crippen LogP contribution in [0.5, 0.6) is 0 Å². The molecule has 0 bridgehead atoms. The zero-order chi connectivity index (χ0) is 16.9. The van der Waals surface area contributed by atoms with E-state index in [1.54, 1.807) is 11.0 Å². The fraction of sp³-hybridized carbons (Fsp3) is 0.421. The van der Waals surface area contributed by atoms with E-state index >= 15 is 0 Å². The smallest absolute Gasteiger partial charge is 0.246 e. The summed E-state index contributed by atoms with van der Waals surface area (Å²) in [4.78, 5) is 14.1. The highest BCUT2D eigenvalue weighted by Gasteiger charge is 2.19. The Morgan fingerprint density at radius 1 is 1.29 bits per heavy atom. The summed E-state index contributed by atoms with van der Waals surface area (Å²) in [5.41, 5.74) is 2.40. The first-order valence-electron chi connectivity index (χ1n) is 8.50. The Kier molecular flexibility index (Phi) is 5.08. The minimum absolute atomic E-state index is 0.0240. The Balaban J connectivity index is 1.54. The molecule has 1 aromatic carbocycles. The van der Waals surface area contributed by atoms with Gasteiger partial charge in [0.2, 0.25) is 5.91 Å². The van der Waals surface area contributed by atoms with Gasteiger partial charge in [-0.15, -0.1) is 10.2 Å². The summed E-state index contributed by atoms with van der Waals surface area (Å²) in [5.74, 6) is 1.95. The van der Waals surface area contributed by atoms with Gasteiger partial charge in [-0.3, -0.25) is 4.79 Å². The van der Waals surface area contributed by atoms with Crippen LogP contribution in [0.1, 0.15) is 37.0 Å². The van der Waals surface area contributed by atoms with E-state index in [0.29, 0.717) is 6.54 Å². The van der Waals surface area contributed by atoms with Gasteiger partial charge in [-0.2, -0.15) is 0 Å². The first kappa shape index (κ1) is 16.4. The van der Waals surface area contributed by atoms with E-state index in [4.69, 9.17) is 0 Å². The van der Waals surface area contributed by atoms with Crippen LogP contribution < -0.4 is 0 Å². The van der Waals surface area contributed by atoms with Crippen molar-refractivity contribution in [2.75, 3.05) is 7.05 Å². The first-order chi connectivity index (χ1) is 11.6. The normalized spacial score (nSPS) is 13.8. The summed E-state index contributed by atoms with van der Waals surface area (Å²) in [6.07, 6.45) is 5.70. The Bertz CT molecular complexity index is 733. The van der Waals surface area contributed by atoms with Crippen molar-refractivity contribution in [1.82, 2.24) is 19.7 Å². The minimum Gasteiger partial charge on any atom is -0.335 e. The highest BCUT2D eigenvalue weighted by molar-refractivity contribution is 5.87. The third-order valence-corrected chi connectivity index (χ3v) is 4.46. The second-order valence-electron chi connectivity index (χ2n) is 6.46. The number of aromatic nitrogens is 3. The van der Waals surface area contributed by atoms with Gasteiger partial charge >= 0.3 is 0 Å². The second kappa shape index (κ2) is 7.43. The summed E-state index contributed by atoms with van der Waals surface area (Å²) < 4.78 is 2.13. The number of allylic oxidation sites excluding steroid dienone is 1. The second-order valence-corrected chi connectivity index (χ2v) is 6.46. The number of carbonyl (C=O) groups excluding carboxylic acids is 1.